The number of ketones is 1. The van der Waals surface area contributed by atoms with Gasteiger partial charge in [-0.25, -0.2) is 0 Å². The van der Waals surface area contributed by atoms with Gasteiger partial charge >= 0.3 is 0 Å². The van der Waals surface area contributed by atoms with E-state index in [2.05, 4.69) is 27.7 Å². The average molecular weight is 463 g/mol. The van der Waals surface area contributed by atoms with E-state index in [4.69, 9.17) is 9.47 Å². The summed E-state index contributed by atoms with van der Waals surface area (Å²) >= 11 is 0. The van der Waals surface area contributed by atoms with Gasteiger partial charge in [0.25, 0.3) is 0 Å². The highest BCUT2D eigenvalue weighted by Gasteiger charge is 2.74. The molecule has 6 nitrogen and oxygen atoms in total. The molecule has 2 heterocycles. The van der Waals surface area contributed by atoms with Crippen molar-refractivity contribution < 1.29 is 29.6 Å². The Kier molecular flexibility index (Phi) is 4.88. The lowest BCUT2D eigenvalue weighted by Gasteiger charge is -2.63. The Morgan fingerprint density at radius 2 is 1.76 bits per heavy atom. The lowest BCUT2D eigenvalue weighted by molar-refractivity contribution is -0.283. The van der Waals surface area contributed by atoms with Crippen molar-refractivity contribution in [2.75, 3.05) is 6.61 Å². The molecule has 1 spiro atoms. The maximum Gasteiger partial charge on any atom is 0.171 e. The number of ether oxygens (including phenoxy) is 2. The molecule has 0 aromatic carbocycles. The van der Waals surface area contributed by atoms with Gasteiger partial charge in [-0.05, 0) is 61.2 Å². The molecule has 13 atom stereocenters. The van der Waals surface area contributed by atoms with Gasteiger partial charge in [0.05, 0.1) is 24.9 Å². The Hall–Kier alpha value is -0.530. The number of carbonyl (C=O) groups excluding carboxylic acids is 1. The first-order valence-corrected chi connectivity index (χ1v) is 13.4. The first-order chi connectivity index (χ1) is 15.5. The van der Waals surface area contributed by atoms with Crippen molar-refractivity contribution in [2.45, 2.75) is 109 Å². The molecule has 2 saturated heterocycles. The number of hydrogen-bond donors (Lipinski definition) is 3. The van der Waals surface area contributed by atoms with Crippen LogP contribution in [0, 0.1) is 46.3 Å². The zero-order valence-electron chi connectivity index (χ0n) is 20.6. The van der Waals surface area contributed by atoms with Gasteiger partial charge in [0.2, 0.25) is 0 Å². The number of fused-ring (bicyclic) bond motifs is 7. The summed E-state index contributed by atoms with van der Waals surface area (Å²) in [5, 5.41) is 33.6. The van der Waals surface area contributed by atoms with Crippen LogP contribution in [0.1, 0.15) is 79.1 Å². The number of hydrogen-bond acceptors (Lipinski definition) is 6. The van der Waals surface area contributed by atoms with Crippen LogP contribution in [0.5, 0.6) is 0 Å². The molecule has 6 fully saturated rings. The van der Waals surface area contributed by atoms with Crippen LogP contribution >= 0.6 is 0 Å². The SMILES string of the molecule is C[C@@H]1CC[C@@]2(OC1)O[C@H]1[C@H](O)[C@H]3[C@@H]4CC(=O)[C@@]5(O)C[C@@H](O)CC[C@]5(C)[C@H]4CC[C@]3(C)[C@H]1[C@@H]2C. The Balaban J connectivity index is 1.34. The topological polar surface area (TPSA) is 96.2 Å². The summed E-state index contributed by atoms with van der Waals surface area (Å²) in [5.74, 6) is 0.460. The number of carbonyl (C=O) groups is 1. The third-order valence-corrected chi connectivity index (χ3v) is 11.9. The van der Waals surface area contributed by atoms with Crippen molar-refractivity contribution in [3.05, 3.63) is 0 Å². The zero-order chi connectivity index (χ0) is 23.6. The van der Waals surface area contributed by atoms with Gasteiger partial charge in [-0.3, -0.25) is 4.79 Å². The monoisotopic (exact) mass is 462 g/mol. The van der Waals surface area contributed by atoms with E-state index >= 15 is 0 Å². The standard InChI is InChI=1S/C27H42O6/c1-14-5-10-27(32-13-14)15(2)20-23(33-27)22(30)21-17-11-19(29)26(31)12-16(28)6-9-25(26,4)18(17)7-8-24(20,21)3/h14-18,20-23,28,30-31H,5-13H2,1-4H3/t14-,15+,16+,17-,18+,20+,21-,22-,23-,24-,25-,26+,27-/m1/s1. The first-order valence-electron chi connectivity index (χ1n) is 13.4. The van der Waals surface area contributed by atoms with Crippen molar-refractivity contribution in [3.8, 4) is 0 Å². The minimum absolute atomic E-state index is 0.00857. The van der Waals surface area contributed by atoms with Gasteiger partial charge in [0, 0.05) is 36.5 Å². The summed E-state index contributed by atoms with van der Waals surface area (Å²) in [6, 6.07) is 0. The maximum absolute atomic E-state index is 13.4. The molecule has 3 N–H and O–H groups in total. The van der Waals surface area contributed by atoms with Crippen molar-refractivity contribution in [2.24, 2.45) is 46.3 Å². The van der Waals surface area contributed by atoms with Crippen LogP contribution in [-0.2, 0) is 14.3 Å². The van der Waals surface area contributed by atoms with E-state index in [1.54, 1.807) is 0 Å². The fourth-order valence-electron chi connectivity index (χ4n) is 10.1. The molecule has 6 rings (SSSR count). The van der Waals surface area contributed by atoms with Crippen molar-refractivity contribution in [1.29, 1.82) is 0 Å². The molecule has 4 aliphatic carbocycles. The van der Waals surface area contributed by atoms with E-state index in [0.717, 1.165) is 25.7 Å². The number of Topliss-reactive ketones (excluding diaryl/α,β-unsaturated/α-hetero) is 1. The minimum atomic E-state index is -1.44. The van der Waals surface area contributed by atoms with Crippen LogP contribution in [0.15, 0.2) is 0 Å². The summed E-state index contributed by atoms with van der Waals surface area (Å²) < 4.78 is 13.0. The average Bonchev–Trinajstić information content (AvgIpc) is 3.16. The van der Waals surface area contributed by atoms with Crippen LogP contribution in [0.4, 0.5) is 0 Å². The van der Waals surface area contributed by atoms with Crippen molar-refractivity contribution >= 4 is 5.78 Å². The summed E-state index contributed by atoms with van der Waals surface area (Å²) in [6.07, 6.45) is 4.15. The smallest absolute Gasteiger partial charge is 0.171 e. The molecule has 0 unspecified atom stereocenters. The van der Waals surface area contributed by atoms with Crippen LogP contribution in [0.2, 0.25) is 0 Å². The molecule has 186 valence electrons. The van der Waals surface area contributed by atoms with E-state index < -0.39 is 29.0 Å². The van der Waals surface area contributed by atoms with Crippen molar-refractivity contribution in [1.82, 2.24) is 0 Å². The third-order valence-electron chi connectivity index (χ3n) is 11.9. The molecular formula is C27H42O6. The molecule has 0 radical (unpaired) electrons. The number of rotatable bonds is 0. The van der Waals surface area contributed by atoms with Gasteiger partial charge in [0.15, 0.2) is 11.6 Å². The third kappa shape index (κ3) is 2.71. The van der Waals surface area contributed by atoms with Crippen LogP contribution in [0.25, 0.3) is 0 Å². The molecule has 6 heteroatoms. The molecule has 4 saturated carbocycles. The molecule has 2 aliphatic heterocycles. The second-order valence-electron chi connectivity index (χ2n) is 13.3. The predicted octanol–water partition coefficient (Wildman–Crippen LogP) is 3.06. The zero-order valence-corrected chi connectivity index (χ0v) is 20.6. The van der Waals surface area contributed by atoms with Crippen LogP contribution < -0.4 is 0 Å². The quantitative estimate of drug-likeness (QED) is 0.512. The van der Waals surface area contributed by atoms with Gasteiger partial charge < -0.3 is 24.8 Å². The summed E-state index contributed by atoms with van der Waals surface area (Å²) in [4.78, 5) is 13.4. The second-order valence-corrected chi connectivity index (χ2v) is 13.3. The Morgan fingerprint density at radius 1 is 1.00 bits per heavy atom. The largest absolute Gasteiger partial charge is 0.393 e. The maximum atomic E-state index is 13.4. The minimum Gasteiger partial charge on any atom is -0.393 e. The van der Waals surface area contributed by atoms with E-state index in [1.807, 2.05) is 0 Å². The molecule has 0 amide bonds. The summed E-state index contributed by atoms with van der Waals surface area (Å²) in [5.41, 5.74) is -2.10. The lowest BCUT2D eigenvalue weighted by atomic mass is 9.42. The number of aliphatic hydroxyl groups excluding tert-OH is 2. The van der Waals surface area contributed by atoms with E-state index in [9.17, 15) is 20.1 Å². The highest BCUT2D eigenvalue weighted by molar-refractivity contribution is 5.89. The van der Waals surface area contributed by atoms with E-state index in [1.165, 1.54) is 0 Å². The highest BCUT2D eigenvalue weighted by Crippen LogP contribution is 2.71. The Morgan fingerprint density at radius 3 is 2.45 bits per heavy atom. The predicted molar refractivity (Wildman–Crippen MR) is 121 cm³/mol. The van der Waals surface area contributed by atoms with Gasteiger partial charge in [-0.2, -0.15) is 0 Å². The lowest BCUT2D eigenvalue weighted by Crippen LogP contribution is -2.67. The molecule has 33 heavy (non-hydrogen) atoms. The molecule has 0 bridgehead atoms. The fourth-order valence-corrected chi connectivity index (χ4v) is 10.1. The normalized spacial score (nSPS) is 62.5. The van der Waals surface area contributed by atoms with Crippen molar-refractivity contribution in [3.63, 3.8) is 0 Å². The van der Waals surface area contributed by atoms with Crippen LogP contribution in [-0.4, -0.2) is 57.4 Å². The molecule has 6 aliphatic rings. The second kappa shape index (κ2) is 7.03. The van der Waals surface area contributed by atoms with Gasteiger partial charge in [0.1, 0.15) is 5.60 Å². The molecule has 0 aromatic rings. The molecule has 0 aromatic heterocycles. The number of aliphatic hydroxyl groups is 3. The Bertz CT molecular complexity index is 836. The highest BCUT2D eigenvalue weighted by atomic mass is 16.7. The summed E-state index contributed by atoms with van der Waals surface area (Å²) in [6.45, 7) is 9.57. The molecular weight excluding hydrogens is 420 g/mol. The first kappa shape index (κ1) is 22.9. The van der Waals surface area contributed by atoms with Gasteiger partial charge in [-0.1, -0.05) is 27.7 Å². The Labute approximate surface area is 197 Å². The van der Waals surface area contributed by atoms with E-state index in [-0.39, 0.29) is 53.3 Å². The van der Waals surface area contributed by atoms with Gasteiger partial charge in [-0.15, -0.1) is 0 Å². The fraction of sp³-hybridized carbons (Fsp3) is 0.963. The van der Waals surface area contributed by atoms with Crippen LogP contribution in [0.3, 0.4) is 0 Å². The van der Waals surface area contributed by atoms with E-state index in [0.29, 0.717) is 31.8 Å². The summed E-state index contributed by atoms with van der Waals surface area (Å²) in [7, 11) is 0.